The van der Waals surface area contributed by atoms with Crippen LogP contribution in [0.15, 0.2) is 77.4 Å². The summed E-state index contributed by atoms with van der Waals surface area (Å²) in [6.07, 6.45) is 2.31. The zero-order valence-corrected chi connectivity index (χ0v) is 20.1. The van der Waals surface area contributed by atoms with Crippen LogP contribution >= 0.6 is 0 Å². The zero-order chi connectivity index (χ0) is 24.6. The smallest absolute Gasteiger partial charge is 0.277 e. The number of nitrogens with one attached hydrogen (secondary N) is 1. The summed E-state index contributed by atoms with van der Waals surface area (Å²) in [6.45, 7) is 6.46. The maximum absolute atomic E-state index is 14.0. The number of anilines is 1. The molecule has 0 spiro atoms. The number of carbonyl (C=O) groups excluding carboxylic acids is 2. The third kappa shape index (κ3) is 4.03. The molecular formula is C28H28N4O3. The van der Waals surface area contributed by atoms with Crippen molar-refractivity contribution in [2.75, 3.05) is 4.90 Å². The van der Waals surface area contributed by atoms with Crippen LogP contribution in [-0.4, -0.2) is 27.1 Å². The number of carbonyl (C=O) groups is 2. The Bertz CT molecular complexity index is 1390. The second-order valence-corrected chi connectivity index (χ2v) is 9.12. The molecule has 35 heavy (non-hydrogen) atoms. The molecule has 5 rings (SSSR count). The lowest BCUT2D eigenvalue weighted by Crippen LogP contribution is -2.64. The molecule has 7 heteroatoms. The van der Waals surface area contributed by atoms with Gasteiger partial charge >= 0.3 is 0 Å². The molecule has 178 valence electrons. The summed E-state index contributed by atoms with van der Waals surface area (Å²) >= 11 is 0. The van der Waals surface area contributed by atoms with E-state index in [-0.39, 0.29) is 18.4 Å². The van der Waals surface area contributed by atoms with Gasteiger partial charge in [-0.3, -0.25) is 19.2 Å². The van der Waals surface area contributed by atoms with Gasteiger partial charge in [0.2, 0.25) is 5.91 Å². The SMILES string of the molecule is CCc1ccccc1N1C(=O)c2cc(-c3ccco3)nn2C[C@@]1(C)C(=O)NCc1cccc(C)c1. The summed E-state index contributed by atoms with van der Waals surface area (Å²) in [4.78, 5) is 29.4. The van der Waals surface area contributed by atoms with Gasteiger partial charge in [0.25, 0.3) is 5.91 Å². The van der Waals surface area contributed by atoms with Crippen molar-refractivity contribution in [3.8, 4) is 11.5 Å². The first kappa shape index (κ1) is 22.7. The molecule has 2 aromatic heterocycles. The first-order valence-electron chi connectivity index (χ1n) is 11.8. The Kier molecular flexibility index (Phi) is 5.76. The predicted molar refractivity (Wildman–Crippen MR) is 134 cm³/mol. The van der Waals surface area contributed by atoms with Gasteiger partial charge in [0.15, 0.2) is 5.76 Å². The molecule has 4 aromatic rings. The van der Waals surface area contributed by atoms with Gasteiger partial charge in [0.05, 0.1) is 12.8 Å². The monoisotopic (exact) mass is 468 g/mol. The van der Waals surface area contributed by atoms with Gasteiger partial charge in [-0.05, 0) is 49.6 Å². The summed E-state index contributed by atoms with van der Waals surface area (Å²) in [7, 11) is 0. The maximum Gasteiger partial charge on any atom is 0.277 e. The molecule has 0 aliphatic carbocycles. The van der Waals surface area contributed by atoms with E-state index in [2.05, 4.69) is 10.4 Å². The number of hydrogen-bond acceptors (Lipinski definition) is 4. The lowest BCUT2D eigenvalue weighted by Gasteiger charge is -2.43. The second kappa shape index (κ2) is 8.91. The van der Waals surface area contributed by atoms with Crippen LogP contribution in [0.2, 0.25) is 0 Å². The van der Waals surface area contributed by atoms with Gasteiger partial charge in [-0.2, -0.15) is 5.10 Å². The Labute approximate surface area is 204 Å². The van der Waals surface area contributed by atoms with E-state index in [1.165, 1.54) is 0 Å². The quantitative estimate of drug-likeness (QED) is 0.443. The molecule has 1 aliphatic heterocycles. The fourth-order valence-corrected chi connectivity index (χ4v) is 4.73. The van der Waals surface area contributed by atoms with Crippen LogP contribution in [0.4, 0.5) is 5.69 Å². The highest BCUT2D eigenvalue weighted by molar-refractivity contribution is 6.12. The largest absolute Gasteiger partial charge is 0.463 e. The average Bonchev–Trinajstić information content (AvgIpc) is 3.53. The Morgan fingerprint density at radius 3 is 2.69 bits per heavy atom. The summed E-state index contributed by atoms with van der Waals surface area (Å²) in [5, 5.41) is 7.68. The first-order valence-corrected chi connectivity index (χ1v) is 11.8. The van der Waals surface area contributed by atoms with Crippen molar-refractivity contribution in [3.05, 3.63) is 95.4 Å². The molecule has 1 aliphatic rings. The van der Waals surface area contributed by atoms with Crippen molar-refractivity contribution in [1.82, 2.24) is 15.1 Å². The Morgan fingerprint density at radius 1 is 1.11 bits per heavy atom. The molecule has 0 unspecified atom stereocenters. The molecule has 0 radical (unpaired) electrons. The van der Waals surface area contributed by atoms with Crippen molar-refractivity contribution in [2.45, 2.75) is 45.8 Å². The van der Waals surface area contributed by atoms with Gasteiger partial charge in [-0.25, -0.2) is 0 Å². The number of aryl methyl sites for hydroxylation is 2. The van der Waals surface area contributed by atoms with Crippen LogP contribution in [0, 0.1) is 6.92 Å². The number of rotatable bonds is 6. The van der Waals surface area contributed by atoms with Crippen molar-refractivity contribution in [3.63, 3.8) is 0 Å². The molecule has 3 heterocycles. The fourth-order valence-electron chi connectivity index (χ4n) is 4.73. The number of hydrogen-bond donors (Lipinski definition) is 1. The number of amides is 2. The van der Waals surface area contributed by atoms with Gasteiger partial charge in [0, 0.05) is 18.3 Å². The molecule has 1 N–H and O–H groups in total. The van der Waals surface area contributed by atoms with Crippen molar-refractivity contribution in [1.29, 1.82) is 0 Å². The summed E-state index contributed by atoms with van der Waals surface area (Å²) in [5.41, 5.74) is 3.66. The van der Waals surface area contributed by atoms with E-state index >= 15 is 0 Å². The molecule has 2 amide bonds. The molecule has 7 nitrogen and oxygen atoms in total. The Balaban J connectivity index is 1.56. The number of fused-ring (bicyclic) bond motifs is 1. The van der Waals surface area contributed by atoms with E-state index in [9.17, 15) is 9.59 Å². The molecule has 0 saturated heterocycles. The average molecular weight is 469 g/mol. The molecule has 1 atom stereocenters. The normalized spacial score (nSPS) is 17.3. The Hall–Kier alpha value is -4.13. The lowest BCUT2D eigenvalue weighted by molar-refractivity contribution is -0.126. The van der Waals surface area contributed by atoms with Gasteiger partial charge in [0.1, 0.15) is 16.9 Å². The Morgan fingerprint density at radius 2 is 1.94 bits per heavy atom. The van der Waals surface area contributed by atoms with Gasteiger partial charge in [-0.15, -0.1) is 0 Å². The van der Waals surface area contributed by atoms with E-state index in [1.54, 1.807) is 41.0 Å². The number of para-hydroxylation sites is 1. The van der Waals surface area contributed by atoms with E-state index < -0.39 is 5.54 Å². The molecule has 0 bridgehead atoms. The van der Waals surface area contributed by atoms with Crippen LogP contribution in [0.5, 0.6) is 0 Å². The highest BCUT2D eigenvalue weighted by Gasteiger charge is 2.49. The number of nitrogens with zero attached hydrogens (tertiary/aromatic N) is 3. The van der Waals surface area contributed by atoms with Gasteiger partial charge < -0.3 is 9.73 Å². The standard InChI is InChI=1S/C28H28N4O3/c1-4-21-11-5-6-12-23(21)32-26(33)24-16-22(25-13-8-14-35-25)30-31(24)18-28(32,3)27(34)29-17-20-10-7-9-19(2)15-20/h5-16H,4,17-18H2,1-3H3,(H,29,34)/t28-/m0/s1. The van der Waals surface area contributed by atoms with Crippen molar-refractivity contribution < 1.29 is 14.0 Å². The minimum atomic E-state index is -1.19. The highest BCUT2D eigenvalue weighted by Crippen LogP contribution is 2.36. The second-order valence-electron chi connectivity index (χ2n) is 9.12. The summed E-state index contributed by atoms with van der Waals surface area (Å²) < 4.78 is 7.12. The first-order chi connectivity index (χ1) is 16.9. The highest BCUT2D eigenvalue weighted by atomic mass is 16.3. The number of aromatic nitrogens is 2. The lowest BCUT2D eigenvalue weighted by atomic mass is 9.92. The maximum atomic E-state index is 14.0. The van der Waals surface area contributed by atoms with E-state index in [0.29, 0.717) is 23.7 Å². The summed E-state index contributed by atoms with van der Waals surface area (Å²) in [6, 6.07) is 21.1. The number of benzene rings is 2. The van der Waals surface area contributed by atoms with Gasteiger partial charge in [-0.1, -0.05) is 55.0 Å². The third-order valence-electron chi connectivity index (χ3n) is 6.57. The molecular weight excluding hydrogens is 440 g/mol. The zero-order valence-electron chi connectivity index (χ0n) is 20.1. The van der Waals surface area contributed by atoms with Crippen LogP contribution in [0.1, 0.15) is 41.0 Å². The predicted octanol–water partition coefficient (Wildman–Crippen LogP) is 4.75. The number of furan rings is 1. The van der Waals surface area contributed by atoms with Crippen LogP contribution < -0.4 is 10.2 Å². The molecule has 0 saturated carbocycles. The van der Waals surface area contributed by atoms with E-state index in [0.717, 1.165) is 28.8 Å². The van der Waals surface area contributed by atoms with Crippen LogP contribution in [-0.2, 0) is 24.3 Å². The molecule has 0 fully saturated rings. The van der Waals surface area contributed by atoms with Crippen LogP contribution in [0.3, 0.4) is 0 Å². The third-order valence-corrected chi connectivity index (χ3v) is 6.57. The summed E-state index contributed by atoms with van der Waals surface area (Å²) in [5.74, 6) is 0.0698. The minimum absolute atomic E-state index is 0.215. The van der Waals surface area contributed by atoms with Crippen molar-refractivity contribution in [2.24, 2.45) is 0 Å². The van der Waals surface area contributed by atoms with Crippen LogP contribution in [0.25, 0.3) is 11.5 Å². The van der Waals surface area contributed by atoms with Crippen molar-refractivity contribution >= 4 is 17.5 Å². The molecule has 2 aromatic carbocycles. The van der Waals surface area contributed by atoms with E-state index in [4.69, 9.17) is 4.42 Å². The fraction of sp³-hybridized carbons (Fsp3) is 0.250. The minimum Gasteiger partial charge on any atom is -0.463 e. The topological polar surface area (TPSA) is 80.4 Å². The van der Waals surface area contributed by atoms with E-state index in [1.807, 2.05) is 62.4 Å².